The molecule has 1 aliphatic heterocycles. The normalized spacial score (nSPS) is 26.5. The number of likely N-dealkylation sites (tertiary alicyclic amines) is 1. The molecular formula is C17H24Cl2NO2+. The van der Waals surface area contributed by atoms with Crippen LogP contribution in [0.2, 0.25) is 10.0 Å². The third-order valence-electron chi connectivity index (χ3n) is 4.52. The lowest BCUT2D eigenvalue weighted by Crippen LogP contribution is -3.20. The molecule has 0 saturated carbocycles. The lowest BCUT2D eigenvalue weighted by atomic mass is 9.97. The van der Waals surface area contributed by atoms with Crippen molar-refractivity contribution in [3.63, 3.8) is 0 Å². The Kier molecular flexibility index (Phi) is 6.13. The highest BCUT2D eigenvalue weighted by Crippen LogP contribution is 2.22. The number of esters is 1. The van der Waals surface area contributed by atoms with Gasteiger partial charge >= 0.3 is 5.97 Å². The van der Waals surface area contributed by atoms with Crippen LogP contribution in [0.15, 0.2) is 18.2 Å². The Morgan fingerprint density at radius 2 is 1.95 bits per heavy atom. The van der Waals surface area contributed by atoms with Crippen LogP contribution in [-0.4, -0.2) is 30.7 Å². The van der Waals surface area contributed by atoms with Crippen LogP contribution in [0.25, 0.3) is 0 Å². The molecule has 0 amide bonds. The van der Waals surface area contributed by atoms with Crippen molar-refractivity contribution in [1.29, 1.82) is 0 Å². The number of quaternary nitrogens is 1. The summed E-state index contributed by atoms with van der Waals surface area (Å²) in [4.78, 5) is 13.8. The molecule has 4 atom stereocenters. The van der Waals surface area contributed by atoms with Crippen LogP contribution >= 0.6 is 23.2 Å². The van der Waals surface area contributed by atoms with Crippen LogP contribution in [0.1, 0.15) is 50.4 Å². The SMILES string of the molecule is C[C@@H]1CCC[C@H](C)[NH+]1C[C@H](C)OC(=O)c1ccc(Cl)cc1Cl. The number of hydrogen-bond acceptors (Lipinski definition) is 2. The Morgan fingerprint density at radius 1 is 1.32 bits per heavy atom. The monoisotopic (exact) mass is 344 g/mol. The summed E-state index contributed by atoms with van der Waals surface area (Å²) in [5.74, 6) is -0.383. The lowest BCUT2D eigenvalue weighted by molar-refractivity contribution is -0.953. The number of piperidine rings is 1. The van der Waals surface area contributed by atoms with Gasteiger partial charge in [-0.15, -0.1) is 0 Å². The average Bonchev–Trinajstić information content (AvgIpc) is 2.42. The average molecular weight is 345 g/mol. The zero-order valence-corrected chi connectivity index (χ0v) is 14.9. The van der Waals surface area contributed by atoms with E-state index in [1.807, 2.05) is 6.92 Å². The molecule has 122 valence electrons. The van der Waals surface area contributed by atoms with E-state index < -0.39 is 0 Å². The first-order valence-electron chi connectivity index (χ1n) is 7.90. The highest BCUT2D eigenvalue weighted by atomic mass is 35.5. The van der Waals surface area contributed by atoms with Crippen molar-refractivity contribution in [2.24, 2.45) is 0 Å². The molecule has 1 aromatic rings. The molecule has 2 rings (SSSR count). The largest absolute Gasteiger partial charge is 0.453 e. The maximum Gasteiger partial charge on any atom is 0.340 e. The molecule has 1 fully saturated rings. The summed E-state index contributed by atoms with van der Waals surface area (Å²) in [6.07, 6.45) is 3.63. The van der Waals surface area contributed by atoms with Gasteiger partial charge in [0, 0.05) is 5.02 Å². The van der Waals surface area contributed by atoms with Crippen molar-refractivity contribution < 1.29 is 14.4 Å². The summed E-state index contributed by atoms with van der Waals surface area (Å²) < 4.78 is 5.57. The van der Waals surface area contributed by atoms with E-state index in [1.165, 1.54) is 24.2 Å². The fourth-order valence-corrected chi connectivity index (χ4v) is 3.75. The Hall–Kier alpha value is -0.770. The quantitative estimate of drug-likeness (QED) is 0.848. The van der Waals surface area contributed by atoms with Gasteiger partial charge in [0.25, 0.3) is 0 Å². The van der Waals surface area contributed by atoms with E-state index in [1.54, 1.807) is 18.2 Å². The Bertz CT molecular complexity index is 525. The second-order valence-corrected chi connectivity index (χ2v) is 7.20. The summed E-state index contributed by atoms with van der Waals surface area (Å²) in [5, 5.41) is 0.840. The third kappa shape index (κ3) is 4.37. The van der Waals surface area contributed by atoms with E-state index in [4.69, 9.17) is 27.9 Å². The first-order valence-corrected chi connectivity index (χ1v) is 8.65. The molecule has 22 heavy (non-hydrogen) atoms. The second-order valence-electron chi connectivity index (χ2n) is 6.35. The standard InChI is InChI=1S/C17H23Cl2NO2/c1-11-5-4-6-12(2)20(11)10-13(3)22-17(21)15-8-7-14(18)9-16(15)19/h7-9,11-13H,4-6,10H2,1-3H3/p+1/t11-,12+,13-/m0/s1. The summed E-state index contributed by atoms with van der Waals surface area (Å²) in [6, 6.07) is 6.05. The lowest BCUT2D eigenvalue weighted by Gasteiger charge is -2.37. The van der Waals surface area contributed by atoms with Gasteiger partial charge in [-0.3, -0.25) is 0 Å². The number of carbonyl (C=O) groups is 1. The Morgan fingerprint density at radius 3 is 2.55 bits per heavy atom. The van der Waals surface area contributed by atoms with Gasteiger partial charge in [0.15, 0.2) is 0 Å². The van der Waals surface area contributed by atoms with Gasteiger partial charge in [-0.2, -0.15) is 0 Å². The topological polar surface area (TPSA) is 30.7 Å². The Labute approximate surface area is 142 Å². The first-order chi connectivity index (χ1) is 10.4. The number of carbonyl (C=O) groups excluding carboxylic acids is 1. The summed E-state index contributed by atoms with van der Waals surface area (Å²) in [7, 11) is 0. The number of benzene rings is 1. The highest BCUT2D eigenvalue weighted by Gasteiger charge is 2.30. The summed E-state index contributed by atoms with van der Waals surface area (Å²) in [6.45, 7) is 7.33. The van der Waals surface area contributed by atoms with Crippen molar-refractivity contribution >= 4 is 29.2 Å². The number of halogens is 2. The molecule has 1 N–H and O–H groups in total. The van der Waals surface area contributed by atoms with E-state index in [9.17, 15) is 4.79 Å². The number of hydrogen-bond donors (Lipinski definition) is 1. The van der Waals surface area contributed by atoms with E-state index >= 15 is 0 Å². The van der Waals surface area contributed by atoms with Gasteiger partial charge in [0.1, 0.15) is 12.6 Å². The molecule has 3 nitrogen and oxygen atoms in total. The van der Waals surface area contributed by atoms with E-state index in [0.29, 0.717) is 27.7 Å². The fourth-order valence-electron chi connectivity index (χ4n) is 3.26. The van der Waals surface area contributed by atoms with Gasteiger partial charge < -0.3 is 9.64 Å². The van der Waals surface area contributed by atoms with Crippen molar-refractivity contribution in [3.05, 3.63) is 33.8 Å². The Balaban J connectivity index is 1.96. The van der Waals surface area contributed by atoms with E-state index in [0.717, 1.165) is 6.54 Å². The molecule has 1 aromatic carbocycles. The minimum absolute atomic E-state index is 0.141. The van der Waals surface area contributed by atoms with Crippen molar-refractivity contribution in [1.82, 2.24) is 0 Å². The third-order valence-corrected chi connectivity index (χ3v) is 5.07. The van der Waals surface area contributed by atoms with Crippen molar-refractivity contribution in [3.8, 4) is 0 Å². The maximum absolute atomic E-state index is 12.2. The summed E-state index contributed by atoms with van der Waals surface area (Å²) in [5.41, 5.74) is 0.368. The van der Waals surface area contributed by atoms with Gasteiger partial charge in [0.05, 0.1) is 22.7 Å². The minimum atomic E-state index is -0.383. The highest BCUT2D eigenvalue weighted by molar-refractivity contribution is 6.36. The summed E-state index contributed by atoms with van der Waals surface area (Å²) >= 11 is 11.9. The molecule has 0 aromatic heterocycles. The van der Waals surface area contributed by atoms with Crippen LogP contribution in [0.5, 0.6) is 0 Å². The van der Waals surface area contributed by atoms with Gasteiger partial charge in [0.2, 0.25) is 0 Å². The zero-order valence-electron chi connectivity index (χ0n) is 13.4. The molecular weight excluding hydrogens is 321 g/mol. The van der Waals surface area contributed by atoms with Crippen molar-refractivity contribution in [2.45, 2.75) is 58.2 Å². The fraction of sp³-hybridized carbons (Fsp3) is 0.588. The van der Waals surface area contributed by atoms with E-state index in [2.05, 4.69) is 13.8 Å². The molecule has 0 aliphatic carbocycles. The van der Waals surface area contributed by atoms with Crippen LogP contribution in [-0.2, 0) is 4.74 Å². The first kappa shape index (κ1) is 17.6. The number of rotatable bonds is 4. The second kappa shape index (κ2) is 7.67. The van der Waals surface area contributed by atoms with Gasteiger partial charge in [-0.05, 0) is 58.2 Å². The molecule has 0 spiro atoms. The van der Waals surface area contributed by atoms with Crippen LogP contribution in [0.4, 0.5) is 0 Å². The van der Waals surface area contributed by atoms with Crippen LogP contribution in [0.3, 0.4) is 0 Å². The molecule has 1 unspecified atom stereocenters. The molecule has 5 heteroatoms. The van der Waals surface area contributed by atoms with Gasteiger partial charge in [-0.1, -0.05) is 23.2 Å². The maximum atomic E-state index is 12.2. The number of ether oxygens (including phenoxy) is 1. The molecule has 1 heterocycles. The molecule has 1 saturated heterocycles. The van der Waals surface area contributed by atoms with Crippen molar-refractivity contribution in [2.75, 3.05) is 6.54 Å². The zero-order chi connectivity index (χ0) is 16.3. The predicted octanol–water partition coefficient (Wildman–Crippen LogP) is 3.38. The molecule has 0 bridgehead atoms. The van der Waals surface area contributed by atoms with E-state index in [-0.39, 0.29) is 12.1 Å². The minimum Gasteiger partial charge on any atom is -0.453 e. The molecule has 0 radical (unpaired) electrons. The number of nitrogens with one attached hydrogen (secondary N) is 1. The van der Waals surface area contributed by atoms with Crippen LogP contribution in [0, 0.1) is 0 Å². The van der Waals surface area contributed by atoms with Crippen LogP contribution < -0.4 is 4.90 Å². The predicted molar refractivity (Wildman–Crippen MR) is 89.9 cm³/mol. The molecule has 1 aliphatic rings. The van der Waals surface area contributed by atoms with Gasteiger partial charge in [-0.25, -0.2) is 4.79 Å². The smallest absolute Gasteiger partial charge is 0.340 e.